The van der Waals surface area contributed by atoms with Gasteiger partial charge < -0.3 is 14.0 Å². The molecular weight excluding hydrogens is 475 g/mol. The van der Waals surface area contributed by atoms with Crippen LogP contribution in [0.1, 0.15) is 82.4 Å². The van der Waals surface area contributed by atoms with E-state index in [1.807, 2.05) is 6.92 Å². The monoisotopic (exact) mass is 505 g/mol. The highest BCUT2D eigenvalue weighted by atomic mass is 19.3. The van der Waals surface area contributed by atoms with Crippen LogP contribution in [0.3, 0.4) is 0 Å². The van der Waals surface area contributed by atoms with Gasteiger partial charge in [-0.25, -0.2) is 9.18 Å². The number of pyridine rings is 1. The van der Waals surface area contributed by atoms with Crippen LogP contribution in [-0.4, -0.2) is 26.7 Å². The molecule has 0 aliphatic heterocycles. The van der Waals surface area contributed by atoms with Gasteiger partial charge in [0, 0.05) is 12.0 Å². The number of benzene rings is 1. The highest BCUT2D eigenvalue weighted by molar-refractivity contribution is 5.90. The Morgan fingerprint density at radius 3 is 2.42 bits per heavy atom. The number of hydrogen-bond acceptors (Lipinski definition) is 7. The SMILES string of the molecule is CC[C@@H](Oc1ccc(C(F)(F)CC(C)C)nc1)c1nc(-c2ccc(C(=O)OC(C)(C)C)c(F)c2)no1. The fraction of sp³-hybridized carbons (Fsp3) is 0.462. The summed E-state index contributed by atoms with van der Waals surface area (Å²) in [5, 5.41) is 3.88. The summed E-state index contributed by atoms with van der Waals surface area (Å²) in [6.07, 6.45) is 0.676. The van der Waals surface area contributed by atoms with Crippen molar-refractivity contribution in [2.75, 3.05) is 0 Å². The van der Waals surface area contributed by atoms with Gasteiger partial charge in [0.05, 0.1) is 11.8 Å². The zero-order valence-electron chi connectivity index (χ0n) is 21.1. The first kappa shape index (κ1) is 27.2. The molecule has 1 aromatic carbocycles. The highest BCUT2D eigenvalue weighted by Gasteiger charge is 2.34. The lowest BCUT2D eigenvalue weighted by Crippen LogP contribution is -2.24. The maximum atomic E-state index is 14.6. The third-order valence-corrected chi connectivity index (χ3v) is 4.99. The topological polar surface area (TPSA) is 87.3 Å². The maximum Gasteiger partial charge on any atom is 0.341 e. The predicted molar refractivity (Wildman–Crippen MR) is 126 cm³/mol. The van der Waals surface area contributed by atoms with Crippen molar-refractivity contribution < 1.29 is 32.0 Å². The van der Waals surface area contributed by atoms with Crippen LogP contribution in [0, 0.1) is 11.7 Å². The number of carbonyl (C=O) groups is 1. The van der Waals surface area contributed by atoms with Crippen molar-refractivity contribution in [3.63, 3.8) is 0 Å². The van der Waals surface area contributed by atoms with Gasteiger partial charge in [-0.15, -0.1) is 0 Å². The van der Waals surface area contributed by atoms with Crippen molar-refractivity contribution in [3.05, 3.63) is 59.5 Å². The molecule has 3 rings (SSSR count). The molecule has 36 heavy (non-hydrogen) atoms. The smallest absolute Gasteiger partial charge is 0.341 e. The van der Waals surface area contributed by atoms with E-state index in [4.69, 9.17) is 14.0 Å². The van der Waals surface area contributed by atoms with E-state index >= 15 is 0 Å². The Kier molecular flexibility index (Phi) is 8.05. The van der Waals surface area contributed by atoms with Gasteiger partial charge in [-0.2, -0.15) is 13.8 Å². The average molecular weight is 506 g/mol. The zero-order chi connectivity index (χ0) is 26.7. The van der Waals surface area contributed by atoms with E-state index in [9.17, 15) is 18.0 Å². The van der Waals surface area contributed by atoms with Crippen molar-refractivity contribution in [2.24, 2.45) is 5.92 Å². The van der Waals surface area contributed by atoms with Crippen molar-refractivity contribution in [2.45, 2.75) is 72.0 Å². The number of halogens is 3. The third kappa shape index (κ3) is 6.83. The van der Waals surface area contributed by atoms with Gasteiger partial charge in [0.25, 0.3) is 11.8 Å². The molecule has 194 valence electrons. The molecule has 7 nitrogen and oxygen atoms in total. The minimum atomic E-state index is -3.04. The molecular formula is C26H30F3N3O4. The number of carbonyl (C=O) groups excluding carboxylic acids is 1. The number of hydrogen-bond donors (Lipinski definition) is 0. The van der Waals surface area contributed by atoms with E-state index in [1.54, 1.807) is 34.6 Å². The van der Waals surface area contributed by atoms with Crippen LogP contribution < -0.4 is 4.74 Å². The summed E-state index contributed by atoms with van der Waals surface area (Å²) in [4.78, 5) is 20.3. The van der Waals surface area contributed by atoms with Crippen LogP contribution in [0.5, 0.6) is 5.75 Å². The summed E-state index contributed by atoms with van der Waals surface area (Å²) in [6.45, 7) is 10.3. The number of alkyl halides is 2. The summed E-state index contributed by atoms with van der Waals surface area (Å²) in [6, 6.07) is 6.55. The molecule has 0 amide bonds. The fourth-order valence-corrected chi connectivity index (χ4v) is 3.39. The van der Waals surface area contributed by atoms with Crippen molar-refractivity contribution in [3.8, 4) is 17.1 Å². The Morgan fingerprint density at radius 2 is 1.86 bits per heavy atom. The lowest BCUT2D eigenvalue weighted by Gasteiger charge is -2.19. The number of aromatic nitrogens is 3. The van der Waals surface area contributed by atoms with Crippen LogP contribution in [-0.2, 0) is 10.7 Å². The van der Waals surface area contributed by atoms with E-state index in [0.717, 1.165) is 6.07 Å². The molecule has 0 aliphatic carbocycles. The molecule has 0 radical (unpaired) electrons. The van der Waals surface area contributed by atoms with E-state index in [-0.39, 0.29) is 41.1 Å². The first-order chi connectivity index (χ1) is 16.8. The number of rotatable bonds is 9. The van der Waals surface area contributed by atoms with Gasteiger partial charge >= 0.3 is 5.97 Å². The molecule has 2 aromatic heterocycles. The second kappa shape index (κ2) is 10.7. The molecule has 2 heterocycles. The molecule has 3 aromatic rings. The van der Waals surface area contributed by atoms with Gasteiger partial charge in [-0.05, 0) is 63.4 Å². The normalized spacial score (nSPS) is 13.1. The van der Waals surface area contributed by atoms with Gasteiger partial charge in [-0.3, -0.25) is 4.98 Å². The van der Waals surface area contributed by atoms with Gasteiger partial charge in [-0.1, -0.05) is 25.9 Å². The molecule has 0 unspecified atom stereocenters. The zero-order valence-corrected chi connectivity index (χ0v) is 21.1. The molecule has 0 spiro atoms. The van der Waals surface area contributed by atoms with Crippen molar-refractivity contribution in [1.29, 1.82) is 0 Å². The van der Waals surface area contributed by atoms with E-state index < -0.39 is 29.4 Å². The summed E-state index contributed by atoms with van der Waals surface area (Å²) < 4.78 is 59.5. The maximum absolute atomic E-state index is 14.6. The molecule has 0 N–H and O–H groups in total. The van der Waals surface area contributed by atoms with Crippen LogP contribution in [0.25, 0.3) is 11.4 Å². The Hall–Kier alpha value is -3.43. The lowest BCUT2D eigenvalue weighted by atomic mass is 10.0. The minimum Gasteiger partial charge on any atom is -0.479 e. The van der Waals surface area contributed by atoms with E-state index in [1.165, 1.54) is 30.5 Å². The third-order valence-electron chi connectivity index (χ3n) is 4.99. The van der Waals surface area contributed by atoms with Crippen LogP contribution >= 0.6 is 0 Å². The average Bonchev–Trinajstić information content (AvgIpc) is 3.25. The predicted octanol–water partition coefficient (Wildman–Crippen LogP) is 6.89. The first-order valence-electron chi connectivity index (χ1n) is 11.7. The second-order valence-electron chi connectivity index (χ2n) is 9.85. The Morgan fingerprint density at radius 1 is 1.14 bits per heavy atom. The first-order valence-corrected chi connectivity index (χ1v) is 11.7. The van der Waals surface area contributed by atoms with Gasteiger partial charge in [0.1, 0.15) is 22.9 Å². The van der Waals surface area contributed by atoms with Crippen molar-refractivity contribution >= 4 is 5.97 Å². The van der Waals surface area contributed by atoms with Crippen LogP contribution in [0.15, 0.2) is 41.1 Å². The standard InChI is InChI=1S/C26H30F3N3O4/c1-7-20(34-17-9-11-21(30-14-17)26(28,29)13-15(2)3)23-31-22(32-36-23)16-8-10-18(19(27)12-16)24(33)35-25(4,5)6/h8-12,14-15,20H,7,13H2,1-6H3/t20-/m1/s1. The second-order valence-corrected chi connectivity index (χ2v) is 9.85. The Labute approximate surface area is 208 Å². The van der Waals surface area contributed by atoms with Gasteiger partial charge in [0.2, 0.25) is 5.82 Å². The lowest BCUT2D eigenvalue weighted by molar-refractivity contribution is -0.0292. The number of nitrogens with zero attached hydrogens (tertiary/aromatic N) is 3. The Balaban J connectivity index is 1.74. The molecule has 1 atom stereocenters. The molecule has 0 bridgehead atoms. The van der Waals surface area contributed by atoms with Crippen LogP contribution in [0.2, 0.25) is 0 Å². The highest BCUT2D eigenvalue weighted by Crippen LogP contribution is 2.34. The molecule has 0 saturated carbocycles. The fourth-order valence-electron chi connectivity index (χ4n) is 3.39. The minimum absolute atomic E-state index is 0.100. The largest absolute Gasteiger partial charge is 0.479 e. The summed E-state index contributed by atoms with van der Waals surface area (Å²) >= 11 is 0. The molecule has 0 saturated heterocycles. The Bertz CT molecular complexity index is 1190. The van der Waals surface area contributed by atoms with E-state index in [2.05, 4.69) is 15.1 Å². The molecule has 10 heteroatoms. The number of esters is 1. The van der Waals surface area contributed by atoms with Crippen molar-refractivity contribution in [1.82, 2.24) is 15.1 Å². The molecule has 0 aliphatic rings. The summed E-state index contributed by atoms with van der Waals surface area (Å²) in [7, 11) is 0. The summed E-state index contributed by atoms with van der Waals surface area (Å²) in [5.41, 5.74) is -0.997. The number of ether oxygens (including phenoxy) is 2. The summed E-state index contributed by atoms with van der Waals surface area (Å²) in [5.74, 6) is -4.29. The molecule has 0 fully saturated rings. The quantitative estimate of drug-likeness (QED) is 0.293. The van der Waals surface area contributed by atoms with Crippen LogP contribution in [0.4, 0.5) is 13.2 Å². The van der Waals surface area contributed by atoms with Gasteiger partial charge in [0.15, 0.2) is 6.10 Å². The van der Waals surface area contributed by atoms with E-state index in [0.29, 0.717) is 12.0 Å².